The minimum atomic E-state index is -0.713. The molecule has 8 heteroatoms. The van der Waals surface area contributed by atoms with Gasteiger partial charge in [-0.05, 0) is 48.2 Å². The number of hydrogen-bond acceptors (Lipinski definition) is 6. The van der Waals surface area contributed by atoms with Crippen molar-refractivity contribution in [2.24, 2.45) is 0 Å². The molecule has 1 N–H and O–H groups in total. The van der Waals surface area contributed by atoms with Gasteiger partial charge in [0.25, 0.3) is 0 Å². The molecule has 0 spiro atoms. The van der Waals surface area contributed by atoms with Crippen LogP contribution in [0.25, 0.3) is 0 Å². The Labute approximate surface area is 221 Å². The normalized spacial score (nSPS) is 15.1. The number of hydrogen-bond donors (Lipinski definition) is 1. The molecule has 1 aliphatic rings. The fourth-order valence-electron chi connectivity index (χ4n) is 4.40. The number of aryl methyl sites for hydroxylation is 1. The number of rotatable bonds is 10. The summed E-state index contributed by atoms with van der Waals surface area (Å²) in [5.74, 6) is -0.368. The number of esters is 2. The third-order valence-electron chi connectivity index (χ3n) is 6.34. The SMILES string of the molecule is COC(=O)C1=C(CCc2ccccc2)N(CCOC(=O)c2ccccc2)C(=O)NC1c1ccc(OC)cc1. The van der Waals surface area contributed by atoms with Gasteiger partial charge in [-0.2, -0.15) is 0 Å². The molecule has 1 atom stereocenters. The van der Waals surface area contributed by atoms with Crippen molar-refractivity contribution in [3.05, 3.63) is 113 Å². The van der Waals surface area contributed by atoms with Gasteiger partial charge < -0.3 is 19.5 Å². The Morgan fingerprint density at radius 1 is 0.842 bits per heavy atom. The monoisotopic (exact) mass is 514 g/mol. The van der Waals surface area contributed by atoms with Crippen molar-refractivity contribution in [2.45, 2.75) is 18.9 Å². The second-order valence-corrected chi connectivity index (χ2v) is 8.65. The Morgan fingerprint density at radius 2 is 1.50 bits per heavy atom. The zero-order valence-electron chi connectivity index (χ0n) is 21.4. The van der Waals surface area contributed by atoms with Gasteiger partial charge in [-0.25, -0.2) is 14.4 Å². The maximum absolute atomic E-state index is 13.4. The van der Waals surface area contributed by atoms with E-state index in [9.17, 15) is 14.4 Å². The molecule has 3 aromatic carbocycles. The maximum Gasteiger partial charge on any atom is 0.338 e. The van der Waals surface area contributed by atoms with E-state index in [2.05, 4.69) is 5.32 Å². The highest BCUT2D eigenvalue weighted by Gasteiger charge is 2.37. The summed E-state index contributed by atoms with van der Waals surface area (Å²) in [7, 11) is 2.89. The minimum absolute atomic E-state index is 0.0440. The van der Waals surface area contributed by atoms with Crippen molar-refractivity contribution in [1.82, 2.24) is 10.2 Å². The first-order valence-electron chi connectivity index (χ1n) is 12.3. The molecular weight excluding hydrogens is 484 g/mol. The van der Waals surface area contributed by atoms with Gasteiger partial charge in [-0.15, -0.1) is 0 Å². The standard InChI is InChI=1S/C30H30N2O6/c1-36-24-16-14-22(15-17-24)27-26(29(34)37-2)25(18-13-21-9-5-3-6-10-21)32(30(35)31-27)19-20-38-28(33)23-11-7-4-8-12-23/h3-12,14-17,27H,13,18-20H2,1-2H3,(H,31,35). The van der Waals surface area contributed by atoms with Crippen molar-refractivity contribution in [2.75, 3.05) is 27.4 Å². The molecule has 0 aromatic heterocycles. The molecule has 196 valence electrons. The van der Waals surface area contributed by atoms with Gasteiger partial charge in [-0.1, -0.05) is 60.7 Å². The highest BCUT2D eigenvalue weighted by molar-refractivity contribution is 5.95. The number of urea groups is 1. The van der Waals surface area contributed by atoms with Gasteiger partial charge in [0.05, 0.1) is 37.9 Å². The summed E-state index contributed by atoms with van der Waals surface area (Å²) in [4.78, 5) is 40.4. The van der Waals surface area contributed by atoms with Crippen molar-refractivity contribution >= 4 is 18.0 Å². The van der Waals surface area contributed by atoms with Crippen LogP contribution in [0.15, 0.2) is 96.2 Å². The molecule has 0 radical (unpaired) electrons. The van der Waals surface area contributed by atoms with Crippen LogP contribution in [0.3, 0.4) is 0 Å². The topological polar surface area (TPSA) is 94.2 Å². The lowest BCUT2D eigenvalue weighted by atomic mass is 9.92. The number of nitrogens with one attached hydrogen (secondary N) is 1. The Balaban J connectivity index is 1.65. The summed E-state index contributed by atoms with van der Waals surface area (Å²) >= 11 is 0. The first-order chi connectivity index (χ1) is 18.5. The van der Waals surface area contributed by atoms with Gasteiger partial charge in [0, 0.05) is 5.70 Å². The number of amides is 2. The molecule has 1 heterocycles. The first-order valence-corrected chi connectivity index (χ1v) is 12.3. The van der Waals surface area contributed by atoms with Crippen LogP contribution in [0.2, 0.25) is 0 Å². The van der Waals surface area contributed by atoms with E-state index in [1.54, 1.807) is 55.6 Å². The molecule has 1 aliphatic heterocycles. The number of carbonyl (C=O) groups excluding carboxylic acids is 3. The minimum Gasteiger partial charge on any atom is -0.497 e. The summed E-state index contributed by atoms with van der Waals surface area (Å²) in [5.41, 5.74) is 3.06. The van der Waals surface area contributed by atoms with Crippen LogP contribution in [0, 0.1) is 0 Å². The second-order valence-electron chi connectivity index (χ2n) is 8.65. The van der Waals surface area contributed by atoms with E-state index in [1.807, 2.05) is 36.4 Å². The number of carbonyl (C=O) groups is 3. The molecule has 2 amide bonds. The molecule has 0 fully saturated rings. The van der Waals surface area contributed by atoms with Crippen molar-refractivity contribution in [3.8, 4) is 5.75 Å². The molecule has 38 heavy (non-hydrogen) atoms. The van der Waals surface area contributed by atoms with Crippen molar-refractivity contribution < 1.29 is 28.6 Å². The highest BCUT2D eigenvalue weighted by Crippen LogP contribution is 2.34. The zero-order valence-corrected chi connectivity index (χ0v) is 21.4. The van der Waals surface area contributed by atoms with E-state index in [0.29, 0.717) is 41.0 Å². The summed E-state index contributed by atoms with van der Waals surface area (Å²) in [6, 6.07) is 24.5. The molecule has 0 bridgehead atoms. The van der Waals surface area contributed by atoms with E-state index < -0.39 is 24.0 Å². The van der Waals surface area contributed by atoms with Gasteiger partial charge in [0.15, 0.2) is 0 Å². The Bertz CT molecular complexity index is 1290. The summed E-state index contributed by atoms with van der Waals surface area (Å²) in [6.45, 7) is 0.0298. The molecule has 4 rings (SSSR count). The number of ether oxygens (including phenoxy) is 3. The quantitative estimate of drug-likeness (QED) is 0.395. The van der Waals surface area contributed by atoms with Crippen molar-refractivity contribution in [1.29, 1.82) is 0 Å². The zero-order chi connectivity index (χ0) is 26.9. The smallest absolute Gasteiger partial charge is 0.338 e. The van der Waals surface area contributed by atoms with Gasteiger partial charge in [0.1, 0.15) is 12.4 Å². The van der Waals surface area contributed by atoms with Crippen LogP contribution >= 0.6 is 0 Å². The Morgan fingerprint density at radius 3 is 2.13 bits per heavy atom. The molecule has 0 saturated heterocycles. The van der Waals surface area contributed by atoms with Crippen LogP contribution in [-0.4, -0.2) is 50.2 Å². The fourth-order valence-corrected chi connectivity index (χ4v) is 4.40. The van der Waals surface area contributed by atoms with Crippen molar-refractivity contribution in [3.63, 3.8) is 0 Å². The lowest BCUT2D eigenvalue weighted by molar-refractivity contribution is -0.136. The molecule has 3 aromatic rings. The maximum atomic E-state index is 13.4. The van der Waals surface area contributed by atoms with E-state index in [-0.39, 0.29) is 13.2 Å². The first kappa shape index (κ1) is 26.5. The average molecular weight is 515 g/mol. The van der Waals surface area contributed by atoms with Crippen LogP contribution in [0.4, 0.5) is 4.79 Å². The second kappa shape index (κ2) is 12.6. The number of benzene rings is 3. The van der Waals surface area contributed by atoms with E-state index in [0.717, 1.165) is 5.56 Å². The van der Waals surface area contributed by atoms with E-state index in [1.165, 1.54) is 12.0 Å². The summed E-state index contributed by atoms with van der Waals surface area (Å²) in [6.07, 6.45) is 1.00. The van der Waals surface area contributed by atoms with Crippen LogP contribution in [0.5, 0.6) is 5.75 Å². The summed E-state index contributed by atoms with van der Waals surface area (Å²) in [5, 5.41) is 2.93. The lowest BCUT2D eigenvalue weighted by Crippen LogP contribution is -2.49. The van der Waals surface area contributed by atoms with Gasteiger partial charge in [0.2, 0.25) is 0 Å². The average Bonchev–Trinajstić information content (AvgIpc) is 2.97. The van der Waals surface area contributed by atoms with Gasteiger partial charge >= 0.3 is 18.0 Å². The molecule has 0 saturated carbocycles. The Hall–Kier alpha value is -4.59. The largest absolute Gasteiger partial charge is 0.497 e. The number of methoxy groups -OCH3 is 2. The third kappa shape index (κ3) is 6.21. The number of allylic oxidation sites excluding steroid dienone is 1. The van der Waals surface area contributed by atoms with Crippen LogP contribution in [-0.2, 0) is 20.7 Å². The predicted molar refractivity (Wildman–Crippen MR) is 142 cm³/mol. The van der Waals surface area contributed by atoms with E-state index in [4.69, 9.17) is 14.2 Å². The molecule has 1 unspecified atom stereocenters. The Kier molecular flexibility index (Phi) is 8.77. The molecular formula is C30H30N2O6. The van der Waals surface area contributed by atoms with E-state index >= 15 is 0 Å². The predicted octanol–water partition coefficient (Wildman–Crippen LogP) is 4.68. The molecule has 0 aliphatic carbocycles. The van der Waals surface area contributed by atoms with Crippen LogP contribution < -0.4 is 10.1 Å². The lowest BCUT2D eigenvalue weighted by Gasteiger charge is -2.36. The summed E-state index contributed by atoms with van der Waals surface area (Å²) < 4.78 is 15.9. The highest BCUT2D eigenvalue weighted by atomic mass is 16.5. The number of nitrogens with zero attached hydrogens (tertiary/aromatic N) is 1. The third-order valence-corrected chi connectivity index (χ3v) is 6.34. The van der Waals surface area contributed by atoms with Gasteiger partial charge in [-0.3, -0.25) is 4.90 Å². The fraction of sp³-hybridized carbons (Fsp3) is 0.233. The molecule has 8 nitrogen and oxygen atoms in total. The van der Waals surface area contributed by atoms with Crippen LogP contribution in [0.1, 0.15) is 33.9 Å².